The number of hydrogen-bond donors (Lipinski definition) is 2. The van der Waals surface area contributed by atoms with Crippen molar-refractivity contribution in [2.75, 3.05) is 5.32 Å². The Morgan fingerprint density at radius 1 is 1.30 bits per heavy atom. The number of hydrogen-bond acceptors (Lipinski definition) is 3. The third-order valence-corrected chi connectivity index (χ3v) is 4.14. The number of rotatable bonds is 5. The minimum Gasteiger partial charge on any atom is -0.364 e. The molecular weight excluding hydrogens is 365 g/mol. The summed E-state index contributed by atoms with van der Waals surface area (Å²) in [6.07, 6.45) is 3.38. The zero-order valence-electron chi connectivity index (χ0n) is 11.6. The molecule has 1 aromatic carbocycles. The highest BCUT2D eigenvalue weighted by Gasteiger charge is 2.19. The third kappa shape index (κ3) is 4.06. The van der Waals surface area contributed by atoms with E-state index in [1.54, 1.807) is 0 Å². The number of aromatic amines is 1. The van der Waals surface area contributed by atoms with Crippen molar-refractivity contribution in [2.45, 2.75) is 32.2 Å². The van der Waals surface area contributed by atoms with Gasteiger partial charge in [-0.15, -0.1) is 0 Å². The molecule has 0 bridgehead atoms. The van der Waals surface area contributed by atoms with Gasteiger partial charge in [0.1, 0.15) is 9.39 Å². The number of halogens is 1. The Kier molecular flexibility index (Phi) is 4.80. The van der Waals surface area contributed by atoms with Gasteiger partial charge in [-0.05, 0) is 54.8 Å². The number of H-pyrrole nitrogens is 1. The van der Waals surface area contributed by atoms with Gasteiger partial charge in [-0.25, -0.2) is 4.98 Å². The predicted molar refractivity (Wildman–Crippen MR) is 90.0 cm³/mol. The molecule has 0 saturated carbocycles. The van der Waals surface area contributed by atoms with Gasteiger partial charge in [0.2, 0.25) is 0 Å². The van der Waals surface area contributed by atoms with Gasteiger partial charge in [0.15, 0.2) is 0 Å². The second-order valence-corrected chi connectivity index (χ2v) is 6.47. The van der Waals surface area contributed by atoms with Crippen molar-refractivity contribution in [2.24, 2.45) is 0 Å². The van der Waals surface area contributed by atoms with Crippen LogP contribution in [0.15, 0.2) is 41.5 Å². The monoisotopic (exact) mass is 383 g/mol. The van der Waals surface area contributed by atoms with Crippen LogP contribution in [0.3, 0.4) is 0 Å². The largest absolute Gasteiger partial charge is 0.364 e. The Balaban J connectivity index is 2.04. The van der Waals surface area contributed by atoms with Gasteiger partial charge >= 0.3 is 0 Å². The van der Waals surface area contributed by atoms with E-state index in [0.717, 1.165) is 12.8 Å². The third-order valence-electron chi connectivity index (χ3n) is 3.13. The molecule has 1 aromatic heterocycles. The maximum absolute atomic E-state index is 11.6. The zero-order chi connectivity index (χ0) is 14.6. The van der Waals surface area contributed by atoms with E-state index in [0.29, 0.717) is 9.39 Å². The molecule has 0 aliphatic rings. The highest BCUT2D eigenvalue weighted by atomic mass is 127. The lowest BCUT2D eigenvalue weighted by atomic mass is 9.95. The van der Waals surface area contributed by atoms with E-state index in [2.05, 4.69) is 53.4 Å². The number of aryl methyl sites for hydroxylation is 1. The fourth-order valence-corrected chi connectivity index (χ4v) is 2.38. The minimum absolute atomic E-state index is 0.109. The highest BCUT2D eigenvalue weighted by Crippen LogP contribution is 2.20. The van der Waals surface area contributed by atoms with Crippen molar-refractivity contribution >= 4 is 28.4 Å². The summed E-state index contributed by atoms with van der Waals surface area (Å²) in [5.74, 6) is 0.646. The SMILES string of the molecule is CC(C)(CCc1ccccc1)Nc1nc[nH]c(=O)c1I. The lowest BCUT2D eigenvalue weighted by Gasteiger charge is -2.27. The molecule has 0 amide bonds. The second-order valence-electron chi connectivity index (χ2n) is 5.39. The van der Waals surface area contributed by atoms with Gasteiger partial charge in [-0.1, -0.05) is 30.3 Å². The van der Waals surface area contributed by atoms with E-state index < -0.39 is 0 Å². The molecule has 0 saturated heterocycles. The van der Waals surface area contributed by atoms with Gasteiger partial charge < -0.3 is 10.3 Å². The molecule has 2 aromatic rings. The Morgan fingerprint density at radius 2 is 2.00 bits per heavy atom. The van der Waals surface area contributed by atoms with Crippen LogP contribution in [0, 0.1) is 3.57 Å². The van der Waals surface area contributed by atoms with Crippen molar-refractivity contribution < 1.29 is 0 Å². The molecule has 1 heterocycles. The van der Waals surface area contributed by atoms with Gasteiger partial charge in [0.25, 0.3) is 5.56 Å². The summed E-state index contributed by atoms with van der Waals surface area (Å²) in [6, 6.07) is 10.4. The Bertz CT molecular complexity index is 623. The van der Waals surface area contributed by atoms with Crippen molar-refractivity contribution in [3.63, 3.8) is 0 Å². The van der Waals surface area contributed by atoms with Gasteiger partial charge in [0.05, 0.1) is 6.33 Å². The molecule has 0 spiro atoms. The molecule has 0 atom stereocenters. The maximum atomic E-state index is 11.6. The summed E-state index contributed by atoms with van der Waals surface area (Å²) in [6.45, 7) is 4.24. The number of nitrogens with one attached hydrogen (secondary N) is 2. The van der Waals surface area contributed by atoms with Gasteiger partial charge in [-0.3, -0.25) is 4.79 Å². The average molecular weight is 383 g/mol. The topological polar surface area (TPSA) is 57.8 Å². The van der Waals surface area contributed by atoms with Crippen LogP contribution in [0.2, 0.25) is 0 Å². The first-order chi connectivity index (χ1) is 9.48. The molecule has 106 valence electrons. The molecule has 2 rings (SSSR count). The molecule has 2 N–H and O–H groups in total. The lowest BCUT2D eigenvalue weighted by molar-refractivity contribution is 0.516. The van der Waals surface area contributed by atoms with Crippen LogP contribution in [0.4, 0.5) is 5.82 Å². The van der Waals surface area contributed by atoms with Crippen LogP contribution in [-0.4, -0.2) is 15.5 Å². The van der Waals surface area contributed by atoms with Crippen LogP contribution in [0.5, 0.6) is 0 Å². The molecule has 0 fully saturated rings. The first kappa shape index (κ1) is 15.0. The van der Waals surface area contributed by atoms with Crippen LogP contribution in [0.25, 0.3) is 0 Å². The summed E-state index contributed by atoms with van der Waals surface area (Å²) in [5, 5.41) is 3.36. The highest BCUT2D eigenvalue weighted by molar-refractivity contribution is 14.1. The Morgan fingerprint density at radius 3 is 2.70 bits per heavy atom. The smallest absolute Gasteiger partial charge is 0.266 e. The van der Waals surface area contributed by atoms with Crippen molar-refractivity contribution in [3.8, 4) is 0 Å². The van der Waals surface area contributed by atoms with Crippen molar-refractivity contribution in [1.29, 1.82) is 0 Å². The van der Waals surface area contributed by atoms with E-state index in [-0.39, 0.29) is 11.1 Å². The summed E-state index contributed by atoms with van der Waals surface area (Å²) in [7, 11) is 0. The predicted octanol–water partition coefficient (Wildman–Crippen LogP) is 3.20. The van der Waals surface area contributed by atoms with E-state index in [9.17, 15) is 4.79 Å². The number of anilines is 1. The molecule has 0 unspecified atom stereocenters. The fourth-order valence-electron chi connectivity index (χ4n) is 1.95. The van der Waals surface area contributed by atoms with Crippen molar-refractivity contribution in [1.82, 2.24) is 9.97 Å². The molecule has 20 heavy (non-hydrogen) atoms. The minimum atomic E-state index is -0.128. The van der Waals surface area contributed by atoms with E-state index in [1.165, 1.54) is 11.9 Å². The van der Waals surface area contributed by atoms with Crippen LogP contribution in [0.1, 0.15) is 25.8 Å². The Hall–Kier alpha value is -1.37. The summed E-state index contributed by atoms with van der Waals surface area (Å²) in [5.41, 5.74) is 1.08. The summed E-state index contributed by atoms with van der Waals surface area (Å²) >= 11 is 2.02. The lowest BCUT2D eigenvalue weighted by Crippen LogP contribution is -2.33. The van der Waals surface area contributed by atoms with E-state index in [4.69, 9.17) is 0 Å². The molecule has 4 nitrogen and oxygen atoms in total. The normalized spacial score (nSPS) is 11.3. The van der Waals surface area contributed by atoms with Crippen molar-refractivity contribution in [3.05, 3.63) is 56.1 Å². The number of nitrogens with zero attached hydrogens (tertiary/aromatic N) is 1. The molecule has 0 aliphatic carbocycles. The molecule has 0 radical (unpaired) electrons. The van der Waals surface area contributed by atoms with Crippen LogP contribution < -0.4 is 10.9 Å². The molecule has 5 heteroatoms. The van der Waals surface area contributed by atoms with Gasteiger partial charge in [0, 0.05) is 5.54 Å². The summed E-state index contributed by atoms with van der Waals surface area (Å²) in [4.78, 5) is 18.3. The standard InChI is InChI=1S/C15H18IN3O/c1-15(2,9-8-11-6-4-3-5-7-11)19-13-12(16)14(20)18-10-17-13/h3-7,10H,8-9H2,1-2H3,(H2,17,18,19,20). The Labute approximate surface area is 132 Å². The zero-order valence-corrected chi connectivity index (χ0v) is 13.8. The first-order valence-corrected chi connectivity index (χ1v) is 7.61. The van der Waals surface area contributed by atoms with Gasteiger partial charge in [-0.2, -0.15) is 0 Å². The first-order valence-electron chi connectivity index (χ1n) is 6.53. The second kappa shape index (κ2) is 6.39. The quantitative estimate of drug-likeness (QED) is 0.780. The van der Waals surface area contributed by atoms with Crippen LogP contribution >= 0.6 is 22.6 Å². The van der Waals surface area contributed by atoms with Crippen LogP contribution in [-0.2, 0) is 6.42 Å². The average Bonchev–Trinajstić information content (AvgIpc) is 2.43. The number of aromatic nitrogens is 2. The number of benzene rings is 1. The molecule has 0 aliphatic heterocycles. The maximum Gasteiger partial charge on any atom is 0.266 e. The van der Waals surface area contributed by atoms with E-state index >= 15 is 0 Å². The van der Waals surface area contributed by atoms with E-state index in [1.807, 2.05) is 28.7 Å². The molecular formula is C15H18IN3O. The summed E-state index contributed by atoms with van der Waals surface area (Å²) < 4.78 is 0.595. The fraction of sp³-hybridized carbons (Fsp3) is 0.333.